The molecule has 0 spiro atoms. The van der Waals surface area contributed by atoms with E-state index in [0.717, 1.165) is 11.1 Å². The Bertz CT molecular complexity index is 671. The van der Waals surface area contributed by atoms with Crippen molar-refractivity contribution in [1.82, 2.24) is 0 Å². The summed E-state index contributed by atoms with van der Waals surface area (Å²) in [5, 5.41) is 10.1. The second-order valence-corrected chi connectivity index (χ2v) is 7.06. The molecule has 20 heavy (non-hydrogen) atoms. The van der Waals surface area contributed by atoms with E-state index in [4.69, 9.17) is 0 Å². The molecule has 0 fully saturated rings. The van der Waals surface area contributed by atoms with Gasteiger partial charge in [0, 0.05) is 0 Å². The van der Waals surface area contributed by atoms with Crippen molar-refractivity contribution in [3.63, 3.8) is 0 Å². The van der Waals surface area contributed by atoms with E-state index in [1.54, 1.807) is 36.4 Å². The molecule has 0 saturated carbocycles. The van der Waals surface area contributed by atoms with E-state index in [2.05, 4.69) is 0 Å². The number of aliphatic hydroxyl groups is 1. The summed E-state index contributed by atoms with van der Waals surface area (Å²) in [6.45, 7) is 3.84. The molecule has 2 rings (SSSR count). The maximum absolute atomic E-state index is 12.2. The average molecular weight is 290 g/mol. The predicted molar refractivity (Wildman–Crippen MR) is 79.4 cm³/mol. The van der Waals surface area contributed by atoms with Crippen LogP contribution in [0.25, 0.3) is 0 Å². The van der Waals surface area contributed by atoms with Crippen LogP contribution < -0.4 is 0 Å². The topological polar surface area (TPSA) is 54.4 Å². The Morgan fingerprint density at radius 1 is 0.900 bits per heavy atom. The summed E-state index contributed by atoms with van der Waals surface area (Å²) in [4.78, 5) is 0.245. The van der Waals surface area contributed by atoms with Gasteiger partial charge in [-0.25, -0.2) is 8.42 Å². The molecule has 0 radical (unpaired) electrons. The zero-order valence-corrected chi connectivity index (χ0v) is 12.4. The van der Waals surface area contributed by atoms with Gasteiger partial charge in [0.1, 0.15) is 0 Å². The Balaban J connectivity index is 2.19. The molecule has 2 aromatic rings. The van der Waals surface area contributed by atoms with E-state index in [9.17, 15) is 13.5 Å². The first-order chi connectivity index (χ1) is 9.38. The highest BCUT2D eigenvalue weighted by molar-refractivity contribution is 7.91. The summed E-state index contributed by atoms with van der Waals surface area (Å²) < 4.78 is 24.5. The third-order valence-corrected chi connectivity index (χ3v) is 4.96. The van der Waals surface area contributed by atoms with E-state index in [0.29, 0.717) is 5.56 Å². The fraction of sp³-hybridized carbons (Fsp3) is 0.250. The number of aliphatic hydroxyl groups excluding tert-OH is 1. The zero-order valence-electron chi connectivity index (χ0n) is 11.6. The molecule has 1 N–H and O–H groups in total. The van der Waals surface area contributed by atoms with Gasteiger partial charge in [-0.2, -0.15) is 0 Å². The fourth-order valence-corrected chi connectivity index (χ4v) is 3.29. The number of aryl methyl sites for hydroxylation is 2. The van der Waals surface area contributed by atoms with Crippen LogP contribution in [0.4, 0.5) is 0 Å². The van der Waals surface area contributed by atoms with Crippen LogP contribution in [0.1, 0.15) is 22.8 Å². The van der Waals surface area contributed by atoms with E-state index >= 15 is 0 Å². The SMILES string of the molecule is Cc1ccc([C@H](O)CS(=O)(=O)c2ccc(C)cc2)cc1. The van der Waals surface area contributed by atoms with Crippen molar-refractivity contribution in [2.24, 2.45) is 0 Å². The Morgan fingerprint density at radius 3 is 1.85 bits per heavy atom. The van der Waals surface area contributed by atoms with Gasteiger partial charge in [-0.3, -0.25) is 0 Å². The first kappa shape index (κ1) is 14.8. The second kappa shape index (κ2) is 5.77. The molecule has 0 heterocycles. The van der Waals surface area contributed by atoms with Gasteiger partial charge in [-0.15, -0.1) is 0 Å². The molecule has 0 aliphatic heterocycles. The van der Waals surface area contributed by atoms with Crippen LogP contribution in [0, 0.1) is 13.8 Å². The zero-order chi connectivity index (χ0) is 14.8. The van der Waals surface area contributed by atoms with Crippen LogP contribution in [0.2, 0.25) is 0 Å². The summed E-state index contributed by atoms with van der Waals surface area (Å²) in [7, 11) is -3.48. The van der Waals surface area contributed by atoms with Gasteiger partial charge < -0.3 is 5.11 Å². The number of rotatable bonds is 4. The third-order valence-electron chi connectivity index (χ3n) is 3.22. The van der Waals surface area contributed by atoms with Gasteiger partial charge in [-0.05, 0) is 31.5 Å². The average Bonchev–Trinajstić information content (AvgIpc) is 2.39. The van der Waals surface area contributed by atoms with Crippen LogP contribution in [0.15, 0.2) is 53.4 Å². The van der Waals surface area contributed by atoms with Crippen molar-refractivity contribution < 1.29 is 13.5 Å². The molecule has 0 aromatic heterocycles. The first-order valence-corrected chi connectivity index (χ1v) is 8.08. The summed E-state index contributed by atoms with van der Waals surface area (Å²) in [5.74, 6) is -0.306. The smallest absolute Gasteiger partial charge is 0.181 e. The monoisotopic (exact) mass is 290 g/mol. The molecule has 1 atom stereocenters. The lowest BCUT2D eigenvalue weighted by molar-refractivity contribution is 0.201. The van der Waals surface area contributed by atoms with Crippen molar-refractivity contribution >= 4 is 9.84 Å². The van der Waals surface area contributed by atoms with Crippen LogP contribution in [-0.2, 0) is 9.84 Å². The largest absolute Gasteiger partial charge is 0.387 e. The fourth-order valence-electron chi connectivity index (χ4n) is 1.93. The van der Waals surface area contributed by atoms with Gasteiger partial charge in [0.05, 0.1) is 16.8 Å². The molecule has 106 valence electrons. The lowest BCUT2D eigenvalue weighted by atomic mass is 10.1. The molecular weight excluding hydrogens is 272 g/mol. The molecule has 0 bridgehead atoms. The standard InChI is InChI=1S/C16H18O3S/c1-12-3-7-14(8-4-12)16(17)11-20(18,19)15-9-5-13(2)6-10-15/h3-10,16-17H,11H2,1-2H3/t16-/m1/s1. The van der Waals surface area contributed by atoms with Gasteiger partial charge in [0.25, 0.3) is 0 Å². The van der Waals surface area contributed by atoms with E-state index in [-0.39, 0.29) is 10.6 Å². The number of sulfone groups is 1. The summed E-state index contributed by atoms with van der Waals surface area (Å²) in [6, 6.07) is 13.9. The Labute approximate surface area is 119 Å². The summed E-state index contributed by atoms with van der Waals surface area (Å²) in [5.41, 5.74) is 2.69. The Morgan fingerprint density at radius 2 is 1.35 bits per heavy atom. The first-order valence-electron chi connectivity index (χ1n) is 6.42. The van der Waals surface area contributed by atoms with Gasteiger partial charge in [0.2, 0.25) is 0 Å². The highest BCUT2D eigenvalue weighted by Crippen LogP contribution is 2.20. The van der Waals surface area contributed by atoms with Gasteiger partial charge >= 0.3 is 0 Å². The molecule has 2 aromatic carbocycles. The van der Waals surface area contributed by atoms with Crippen LogP contribution in [0.3, 0.4) is 0 Å². The minimum atomic E-state index is -3.48. The lowest BCUT2D eigenvalue weighted by Gasteiger charge is -2.12. The molecule has 0 aliphatic carbocycles. The number of hydrogen-bond donors (Lipinski definition) is 1. The molecule has 0 amide bonds. The minimum absolute atomic E-state index is 0.245. The highest BCUT2D eigenvalue weighted by Gasteiger charge is 2.20. The predicted octanol–water partition coefficient (Wildman–Crippen LogP) is 2.81. The maximum atomic E-state index is 12.2. The number of benzene rings is 2. The summed E-state index contributed by atoms with van der Waals surface area (Å²) in [6.07, 6.45) is -1.01. The Hall–Kier alpha value is -1.65. The van der Waals surface area contributed by atoms with Crippen molar-refractivity contribution in [3.05, 3.63) is 65.2 Å². The lowest BCUT2D eigenvalue weighted by Crippen LogP contribution is -2.14. The van der Waals surface area contributed by atoms with E-state index in [1.165, 1.54) is 0 Å². The van der Waals surface area contributed by atoms with Crippen molar-refractivity contribution in [3.8, 4) is 0 Å². The van der Waals surface area contributed by atoms with Crippen molar-refractivity contribution in [2.45, 2.75) is 24.8 Å². The third kappa shape index (κ3) is 3.46. The minimum Gasteiger partial charge on any atom is -0.387 e. The van der Waals surface area contributed by atoms with Crippen molar-refractivity contribution in [1.29, 1.82) is 0 Å². The van der Waals surface area contributed by atoms with E-state index in [1.807, 2.05) is 26.0 Å². The molecule has 0 saturated heterocycles. The molecule has 4 heteroatoms. The quantitative estimate of drug-likeness (QED) is 0.942. The van der Waals surface area contributed by atoms with Gasteiger partial charge in [-0.1, -0.05) is 47.5 Å². The van der Waals surface area contributed by atoms with Crippen LogP contribution in [-0.4, -0.2) is 19.3 Å². The summed E-state index contributed by atoms with van der Waals surface area (Å²) >= 11 is 0. The number of hydrogen-bond acceptors (Lipinski definition) is 3. The molecule has 0 aliphatic rings. The molecule has 0 unspecified atom stereocenters. The van der Waals surface area contributed by atoms with Crippen LogP contribution in [0.5, 0.6) is 0 Å². The van der Waals surface area contributed by atoms with E-state index < -0.39 is 15.9 Å². The normalized spacial score (nSPS) is 13.2. The molecular formula is C16H18O3S. The van der Waals surface area contributed by atoms with Crippen LogP contribution >= 0.6 is 0 Å². The van der Waals surface area contributed by atoms with Gasteiger partial charge in [0.15, 0.2) is 9.84 Å². The maximum Gasteiger partial charge on any atom is 0.181 e. The van der Waals surface area contributed by atoms with Crippen molar-refractivity contribution in [2.75, 3.05) is 5.75 Å². The highest BCUT2D eigenvalue weighted by atomic mass is 32.2. The Kier molecular flexibility index (Phi) is 4.26. The second-order valence-electron chi connectivity index (χ2n) is 5.02. The molecule has 3 nitrogen and oxygen atoms in total.